The Hall–Kier alpha value is -3.86. The van der Waals surface area contributed by atoms with Crippen molar-refractivity contribution in [1.29, 1.82) is 5.26 Å². The van der Waals surface area contributed by atoms with Gasteiger partial charge in [-0.15, -0.1) is 5.10 Å². The molecule has 2 aromatic carbocycles. The Balaban J connectivity index is 1.48. The normalized spacial score (nSPS) is 17.2. The molecule has 0 unspecified atom stereocenters. The fourth-order valence-corrected chi connectivity index (χ4v) is 3.68. The van der Waals surface area contributed by atoms with Crippen molar-refractivity contribution in [1.82, 2.24) is 15.0 Å². The number of nitriles is 1. The first-order valence-corrected chi connectivity index (χ1v) is 10.5. The fraction of sp³-hybridized carbons (Fsp3) is 0.333. The highest BCUT2D eigenvalue weighted by Crippen LogP contribution is 2.39. The monoisotopic (exact) mass is 432 g/mol. The molecule has 164 valence electrons. The molecule has 0 aliphatic heterocycles. The van der Waals surface area contributed by atoms with Gasteiger partial charge in [-0.2, -0.15) is 5.26 Å². The van der Waals surface area contributed by atoms with Crippen LogP contribution in [0.25, 0.3) is 0 Å². The molecule has 1 aliphatic carbocycles. The highest BCUT2D eigenvalue weighted by Gasteiger charge is 2.35. The standard InChI is InChI=1S/C24H24N4O4/c1-3-31-24(29)22-23(28(27-26-22)15-17-6-10-20(30-2)11-7-17)32-21-12-19(13-21)18-8-4-16(14-25)5-9-18/h4-11,19,21H,3,12-13,15H2,1-2H3/t19-,21-. The highest BCUT2D eigenvalue weighted by molar-refractivity contribution is 5.89. The maximum absolute atomic E-state index is 12.4. The number of methoxy groups -OCH3 is 1. The van der Waals surface area contributed by atoms with Gasteiger partial charge in [-0.1, -0.05) is 29.5 Å². The van der Waals surface area contributed by atoms with Crippen molar-refractivity contribution in [3.05, 3.63) is 70.9 Å². The predicted octanol–water partition coefficient (Wildman–Crippen LogP) is 3.71. The fourth-order valence-electron chi connectivity index (χ4n) is 3.68. The molecule has 1 fully saturated rings. The van der Waals surface area contributed by atoms with Crippen molar-refractivity contribution in [2.24, 2.45) is 0 Å². The van der Waals surface area contributed by atoms with Gasteiger partial charge in [-0.25, -0.2) is 9.48 Å². The van der Waals surface area contributed by atoms with Crippen molar-refractivity contribution in [2.45, 2.75) is 38.3 Å². The number of rotatable bonds is 8. The van der Waals surface area contributed by atoms with Crippen LogP contribution in [0.5, 0.6) is 11.6 Å². The van der Waals surface area contributed by atoms with E-state index in [1.54, 1.807) is 18.7 Å². The minimum absolute atomic E-state index is 0.0584. The topological polar surface area (TPSA) is 99.3 Å². The Morgan fingerprint density at radius 1 is 1.16 bits per heavy atom. The van der Waals surface area contributed by atoms with Gasteiger partial charge in [0.05, 0.1) is 31.9 Å². The van der Waals surface area contributed by atoms with Crippen LogP contribution in [0, 0.1) is 11.3 Å². The minimum Gasteiger partial charge on any atom is -0.497 e. The SMILES string of the molecule is CCOC(=O)c1nnn(Cc2ccc(OC)cc2)c1O[C@H]1C[C@H](c2ccc(C#N)cc2)C1. The maximum atomic E-state index is 12.4. The Kier molecular flexibility index (Phi) is 6.36. The van der Waals surface area contributed by atoms with Crippen LogP contribution in [-0.2, 0) is 11.3 Å². The molecule has 1 aliphatic rings. The summed E-state index contributed by atoms with van der Waals surface area (Å²) >= 11 is 0. The number of aromatic nitrogens is 3. The van der Waals surface area contributed by atoms with Gasteiger partial charge in [-0.05, 0) is 61.1 Å². The molecule has 1 heterocycles. The number of esters is 1. The van der Waals surface area contributed by atoms with Gasteiger partial charge in [0.1, 0.15) is 11.9 Å². The van der Waals surface area contributed by atoms with Crippen LogP contribution in [0.2, 0.25) is 0 Å². The van der Waals surface area contributed by atoms with Gasteiger partial charge < -0.3 is 14.2 Å². The number of nitrogens with zero attached hydrogens (tertiary/aromatic N) is 4. The molecular formula is C24H24N4O4. The van der Waals surface area contributed by atoms with E-state index in [4.69, 9.17) is 19.5 Å². The zero-order valence-electron chi connectivity index (χ0n) is 18.0. The molecule has 0 bridgehead atoms. The molecular weight excluding hydrogens is 408 g/mol. The smallest absolute Gasteiger partial charge is 0.364 e. The Morgan fingerprint density at radius 2 is 1.88 bits per heavy atom. The van der Waals surface area contributed by atoms with Crippen LogP contribution in [0.3, 0.4) is 0 Å². The van der Waals surface area contributed by atoms with Gasteiger partial charge in [0.25, 0.3) is 0 Å². The number of ether oxygens (including phenoxy) is 3. The van der Waals surface area contributed by atoms with Gasteiger partial charge in [-0.3, -0.25) is 0 Å². The molecule has 0 spiro atoms. The third-order valence-electron chi connectivity index (χ3n) is 5.53. The lowest BCUT2D eigenvalue weighted by Crippen LogP contribution is -2.33. The molecule has 32 heavy (non-hydrogen) atoms. The summed E-state index contributed by atoms with van der Waals surface area (Å²) in [7, 11) is 1.62. The van der Waals surface area contributed by atoms with Crippen molar-refractivity contribution in [3.63, 3.8) is 0 Å². The van der Waals surface area contributed by atoms with Crippen LogP contribution < -0.4 is 9.47 Å². The predicted molar refractivity (Wildman–Crippen MR) is 116 cm³/mol. The summed E-state index contributed by atoms with van der Waals surface area (Å²) < 4.78 is 18.1. The average molecular weight is 432 g/mol. The Labute approximate surface area is 186 Å². The van der Waals surface area contributed by atoms with E-state index in [0.717, 1.165) is 24.2 Å². The van der Waals surface area contributed by atoms with E-state index in [1.165, 1.54) is 5.56 Å². The summed E-state index contributed by atoms with van der Waals surface area (Å²) in [5, 5.41) is 17.1. The summed E-state index contributed by atoms with van der Waals surface area (Å²) in [6.07, 6.45) is 1.56. The quantitative estimate of drug-likeness (QED) is 0.500. The summed E-state index contributed by atoms with van der Waals surface area (Å²) in [5.41, 5.74) is 2.88. The van der Waals surface area contributed by atoms with Crippen LogP contribution >= 0.6 is 0 Å². The van der Waals surface area contributed by atoms with Crippen molar-refractivity contribution in [2.75, 3.05) is 13.7 Å². The molecule has 1 aromatic heterocycles. The molecule has 3 aromatic rings. The average Bonchev–Trinajstić information content (AvgIpc) is 3.19. The zero-order valence-corrected chi connectivity index (χ0v) is 18.0. The molecule has 1 saturated carbocycles. The van der Waals surface area contributed by atoms with E-state index in [0.29, 0.717) is 23.9 Å². The number of carbonyl (C=O) groups excluding carboxylic acids is 1. The largest absolute Gasteiger partial charge is 0.497 e. The van der Waals surface area contributed by atoms with E-state index < -0.39 is 5.97 Å². The molecule has 4 rings (SSSR count). The molecule has 0 radical (unpaired) electrons. The lowest BCUT2D eigenvalue weighted by molar-refractivity contribution is 0.0495. The van der Waals surface area contributed by atoms with Crippen LogP contribution in [0.15, 0.2) is 48.5 Å². The number of benzene rings is 2. The van der Waals surface area contributed by atoms with Crippen LogP contribution in [0.4, 0.5) is 0 Å². The van der Waals surface area contributed by atoms with Crippen molar-refractivity contribution < 1.29 is 19.0 Å². The number of carbonyl (C=O) groups is 1. The second-order valence-corrected chi connectivity index (χ2v) is 7.61. The first kappa shape index (κ1) is 21.4. The molecule has 0 atom stereocenters. The number of hydrogen-bond acceptors (Lipinski definition) is 7. The third-order valence-corrected chi connectivity index (χ3v) is 5.53. The highest BCUT2D eigenvalue weighted by atomic mass is 16.5. The molecule has 8 heteroatoms. The summed E-state index contributed by atoms with van der Waals surface area (Å²) in [6.45, 7) is 2.39. The minimum atomic E-state index is -0.550. The third kappa shape index (κ3) is 4.57. The summed E-state index contributed by atoms with van der Waals surface area (Å²) in [6, 6.07) is 17.4. The van der Waals surface area contributed by atoms with Crippen molar-refractivity contribution in [3.8, 4) is 17.7 Å². The van der Waals surface area contributed by atoms with Gasteiger partial charge in [0, 0.05) is 0 Å². The summed E-state index contributed by atoms with van der Waals surface area (Å²) in [5.74, 6) is 0.887. The lowest BCUT2D eigenvalue weighted by atomic mass is 9.77. The van der Waals surface area contributed by atoms with Gasteiger partial charge in [0.15, 0.2) is 0 Å². The Bertz CT molecular complexity index is 1110. The van der Waals surface area contributed by atoms with E-state index in [-0.39, 0.29) is 18.4 Å². The zero-order chi connectivity index (χ0) is 22.5. The molecule has 0 saturated heterocycles. The Morgan fingerprint density at radius 3 is 2.50 bits per heavy atom. The lowest BCUT2D eigenvalue weighted by Gasteiger charge is -2.35. The molecule has 0 N–H and O–H groups in total. The first-order chi connectivity index (χ1) is 15.6. The molecule has 0 amide bonds. The van der Waals surface area contributed by atoms with Crippen LogP contribution in [-0.4, -0.2) is 40.8 Å². The van der Waals surface area contributed by atoms with Crippen molar-refractivity contribution >= 4 is 5.97 Å². The summed E-state index contributed by atoms with van der Waals surface area (Å²) in [4.78, 5) is 12.4. The van der Waals surface area contributed by atoms with Crippen LogP contribution in [0.1, 0.15) is 52.9 Å². The second-order valence-electron chi connectivity index (χ2n) is 7.61. The van der Waals surface area contributed by atoms with Gasteiger partial charge >= 0.3 is 5.97 Å². The second kappa shape index (κ2) is 9.52. The van der Waals surface area contributed by atoms with E-state index >= 15 is 0 Å². The van der Waals surface area contributed by atoms with E-state index in [9.17, 15) is 4.79 Å². The number of hydrogen-bond donors (Lipinski definition) is 0. The maximum Gasteiger partial charge on any atom is 0.364 e. The molecule has 8 nitrogen and oxygen atoms in total. The first-order valence-electron chi connectivity index (χ1n) is 10.5. The van der Waals surface area contributed by atoms with Gasteiger partial charge in [0.2, 0.25) is 11.6 Å². The van der Waals surface area contributed by atoms with E-state index in [2.05, 4.69) is 16.4 Å². The van der Waals surface area contributed by atoms with E-state index in [1.807, 2.05) is 48.5 Å².